The third-order valence-corrected chi connectivity index (χ3v) is 2.27. The van der Waals surface area contributed by atoms with Gasteiger partial charge in [0, 0.05) is 40.8 Å². The zero-order valence-corrected chi connectivity index (χ0v) is 11.3. The van der Waals surface area contributed by atoms with Crippen LogP contribution in [-0.4, -0.2) is 49.5 Å². The first-order valence-corrected chi connectivity index (χ1v) is 5.74. The minimum absolute atomic E-state index is 0.806. The number of unbranched alkanes of at least 4 members (excludes halogenated alkanes) is 1. The van der Waals surface area contributed by atoms with E-state index in [0.717, 1.165) is 23.8 Å². The zero-order chi connectivity index (χ0) is 11.8. The highest BCUT2D eigenvalue weighted by Gasteiger charge is 2.03. The van der Waals surface area contributed by atoms with Gasteiger partial charge in [-0.05, 0) is 6.42 Å². The Morgan fingerprint density at radius 3 is 2.13 bits per heavy atom. The molecular weight excluding hydrogens is 206 g/mol. The number of nitrogens with one attached hydrogen (secondary N) is 1. The van der Waals surface area contributed by atoms with E-state index < -0.39 is 0 Å². The monoisotopic (exact) mass is 229 g/mol. The number of hydrogen-bond acceptors (Lipinski definition) is 3. The molecule has 0 heterocycles. The summed E-state index contributed by atoms with van der Waals surface area (Å²) in [5, 5.41) is 3.23. The van der Waals surface area contributed by atoms with Crippen LogP contribution in [0.15, 0.2) is 11.9 Å². The zero-order valence-electron chi connectivity index (χ0n) is 10.5. The van der Waals surface area contributed by atoms with E-state index in [1.165, 1.54) is 6.42 Å². The Hall–Kier alpha value is -0.770. The standard InChI is InChI=1S/C11H23N3S/c1-6-7-8-12-10(15)9-11(13(2)3)14(4)5/h9H,6-8H2,1-5H3,(H,12,15). The Morgan fingerprint density at radius 1 is 1.20 bits per heavy atom. The Labute approximate surface area is 99.1 Å². The highest BCUT2D eigenvalue weighted by Crippen LogP contribution is 2.01. The lowest BCUT2D eigenvalue weighted by atomic mass is 10.3. The highest BCUT2D eigenvalue weighted by atomic mass is 32.1. The summed E-state index contributed by atoms with van der Waals surface area (Å²) in [5.41, 5.74) is 0. The lowest BCUT2D eigenvalue weighted by molar-refractivity contribution is 0.343. The number of nitrogens with zero attached hydrogens (tertiary/aromatic N) is 2. The summed E-state index contributed by atoms with van der Waals surface area (Å²) in [6.45, 7) is 3.13. The molecule has 0 radical (unpaired) electrons. The van der Waals surface area contributed by atoms with Gasteiger partial charge in [0.05, 0.1) is 0 Å². The van der Waals surface area contributed by atoms with Gasteiger partial charge in [0.1, 0.15) is 10.8 Å². The van der Waals surface area contributed by atoms with Crippen LogP contribution in [0.3, 0.4) is 0 Å². The van der Waals surface area contributed by atoms with Gasteiger partial charge in [-0.3, -0.25) is 0 Å². The SMILES string of the molecule is CCCCNC(=S)C=C(N(C)C)N(C)C. The molecule has 0 saturated carbocycles. The van der Waals surface area contributed by atoms with Crippen LogP contribution < -0.4 is 5.32 Å². The quantitative estimate of drug-likeness (QED) is 0.424. The number of hydrogen-bond donors (Lipinski definition) is 1. The van der Waals surface area contributed by atoms with Crippen LogP contribution in [0.25, 0.3) is 0 Å². The van der Waals surface area contributed by atoms with Crippen molar-refractivity contribution < 1.29 is 0 Å². The predicted octanol–water partition coefficient (Wildman–Crippen LogP) is 1.67. The van der Waals surface area contributed by atoms with Crippen LogP contribution in [0, 0.1) is 0 Å². The molecular formula is C11H23N3S. The molecule has 0 aromatic rings. The van der Waals surface area contributed by atoms with Gasteiger partial charge in [-0.25, -0.2) is 0 Å². The molecule has 0 spiro atoms. The van der Waals surface area contributed by atoms with Crippen molar-refractivity contribution in [3.63, 3.8) is 0 Å². The van der Waals surface area contributed by atoms with E-state index in [0.29, 0.717) is 0 Å². The molecule has 0 aliphatic carbocycles. The molecule has 0 atom stereocenters. The summed E-state index contributed by atoms with van der Waals surface area (Å²) >= 11 is 5.24. The van der Waals surface area contributed by atoms with Crippen molar-refractivity contribution in [3.8, 4) is 0 Å². The maximum Gasteiger partial charge on any atom is 0.106 e. The molecule has 0 amide bonds. The summed E-state index contributed by atoms with van der Waals surface area (Å²) in [7, 11) is 8.06. The van der Waals surface area contributed by atoms with E-state index in [4.69, 9.17) is 12.2 Å². The van der Waals surface area contributed by atoms with Gasteiger partial charge in [-0.1, -0.05) is 25.6 Å². The minimum atomic E-state index is 0.806. The van der Waals surface area contributed by atoms with Crippen LogP contribution >= 0.6 is 12.2 Å². The summed E-state index contributed by atoms with van der Waals surface area (Å²) < 4.78 is 0. The second-order valence-electron chi connectivity index (χ2n) is 3.94. The van der Waals surface area contributed by atoms with Crippen molar-refractivity contribution in [1.82, 2.24) is 15.1 Å². The molecule has 0 aliphatic heterocycles. The molecule has 0 fully saturated rings. The molecule has 1 N–H and O–H groups in total. The number of thiocarbonyl (C=S) groups is 1. The first-order chi connectivity index (χ1) is 6.99. The molecule has 0 aromatic heterocycles. The summed E-state index contributed by atoms with van der Waals surface area (Å²) in [6, 6.07) is 0. The molecule has 4 heteroatoms. The Morgan fingerprint density at radius 2 is 1.73 bits per heavy atom. The lowest BCUT2D eigenvalue weighted by Gasteiger charge is -2.24. The largest absolute Gasteiger partial charge is 0.376 e. The fourth-order valence-electron chi connectivity index (χ4n) is 1.21. The molecule has 0 aliphatic rings. The Balaban J connectivity index is 4.23. The summed E-state index contributed by atoms with van der Waals surface area (Å²) in [5.74, 6) is 1.10. The van der Waals surface area contributed by atoms with E-state index in [-0.39, 0.29) is 0 Å². The van der Waals surface area contributed by atoms with E-state index in [1.54, 1.807) is 0 Å². The molecule has 88 valence electrons. The van der Waals surface area contributed by atoms with Gasteiger partial charge in [0.25, 0.3) is 0 Å². The molecule has 0 aromatic carbocycles. The van der Waals surface area contributed by atoms with Crippen LogP contribution in [-0.2, 0) is 0 Å². The van der Waals surface area contributed by atoms with Crippen molar-refractivity contribution in [1.29, 1.82) is 0 Å². The Kier molecular flexibility index (Phi) is 7.13. The summed E-state index contributed by atoms with van der Waals surface area (Å²) in [4.78, 5) is 4.91. The first-order valence-electron chi connectivity index (χ1n) is 5.33. The second-order valence-corrected chi connectivity index (χ2v) is 4.38. The predicted molar refractivity (Wildman–Crippen MR) is 71.0 cm³/mol. The summed E-state index contributed by atoms with van der Waals surface area (Å²) in [6.07, 6.45) is 4.34. The van der Waals surface area contributed by atoms with Crippen molar-refractivity contribution in [2.24, 2.45) is 0 Å². The smallest absolute Gasteiger partial charge is 0.106 e. The van der Waals surface area contributed by atoms with Crippen molar-refractivity contribution in [2.45, 2.75) is 19.8 Å². The highest BCUT2D eigenvalue weighted by molar-refractivity contribution is 7.80. The second kappa shape index (κ2) is 7.51. The van der Waals surface area contributed by atoms with Crippen LogP contribution in [0.4, 0.5) is 0 Å². The van der Waals surface area contributed by atoms with E-state index in [1.807, 2.05) is 44.1 Å². The van der Waals surface area contributed by atoms with Gasteiger partial charge in [0.2, 0.25) is 0 Å². The van der Waals surface area contributed by atoms with Crippen LogP contribution in [0.5, 0.6) is 0 Å². The third-order valence-electron chi connectivity index (χ3n) is 2.01. The van der Waals surface area contributed by atoms with E-state index >= 15 is 0 Å². The van der Waals surface area contributed by atoms with E-state index in [9.17, 15) is 0 Å². The average molecular weight is 229 g/mol. The van der Waals surface area contributed by atoms with Gasteiger partial charge < -0.3 is 15.1 Å². The average Bonchev–Trinajstić information content (AvgIpc) is 2.13. The van der Waals surface area contributed by atoms with Gasteiger partial charge in [0.15, 0.2) is 0 Å². The fraction of sp³-hybridized carbons (Fsp3) is 0.727. The van der Waals surface area contributed by atoms with E-state index in [2.05, 4.69) is 12.2 Å². The van der Waals surface area contributed by atoms with Crippen molar-refractivity contribution in [3.05, 3.63) is 11.9 Å². The fourth-order valence-corrected chi connectivity index (χ4v) is 1.42. The Bertz CT molecular complexity index is 212. The molecule has 0 bridgehead atoms. The topological polar surface area (TPSA) is 18.5 Å². The number of rotatable bonds is 6. The van der Waals surface area contributed by atoms with Gasteiger partial charge in [-0.2, -0.15) is 0 Å². The van der Waals surface area contributed by atoms with Crippen LogP contribution in [0.1, 0.15) is 19.8 Å². The molecule has 0 rings (SSSR count). The normalized spacial score (nSPS) is 9.40. The van der Waals surface area contributed by atoms with Crippen molar-refractivity contribution >= 4 is 17.2 Å². The maximum absolute atomic E-state index is 5.24. The van der Waals surface area contributed by atoms with Gasteiger partial charge >= 0.3 is 0 Å². The maximum atomic E-state index is 5.24. The molecule has 0 unspecified atom stereocenters. The molecule has 3 nitrogen and oxygen atoms in total. The van der Waals surface area contributed by atoms with Crippen LogP contribution in [0.2, 0.25) is 0 Å². The molecule has 15 heavy (non-hydrogen) atoms. The minimum Gasteiger partial charge on any atom is -0.376 e. The molecule has 0 saturated heterocycles. The lowest BCUT2D eigenvalue weighted by Crippen LogP contribution is -2.28. The first kappa shape index (κ1) is 14.2. The van der Waals surface area contributed by atoms with Crippen molar-refractivity contribution in [2.75, 3.05) is 34.7 Å². The third kappa shape index (κ3) is 6.33. The van der Waals surface area contributed by atoms with Gasteiger partial charge in [-0.15, -0.1) is 0 Å².